The number of hydrogen-bond acceptors (Lipinski definition) is 6. The first-order chi connectivity index (χ1) is 16.9. The van der Waals surface area contributed by atoms with Gasteiger partial charge in [-0.25, -0.2) is 0 Å². The van der Waals surface area contributed by atoms with Crippen molar-refractivity contribution in [3.63, 3.8) is 0 Å². The molecule has 1 amide bonds. The minimum Gasteiger partial charge on any atom is -0.493 e. The molecule has 190 valence electrons. The first-order valence-corrected chi connectivity index (χ1v) is 13.5. The van der Waals surface area contributed by atoms with Crippen molar-refractivity contribution in [2.45, 2.75) is 74.7 Å². The van der Waals surface area contributed by atoms with Crippen LogP contribution in [0.1, 0.15) is 63.3 Å². The van der Waals surface area contributed by atoms with Gasteiger partial charge in [-0.2, -0.15) is 0 Å². The summed E-state index contributed by atoms with van der Waals surface area (Å²) in [6.07, 6.45) is 7.56. The van der Waals surface area contributed by atoms with E-state index in [9.17, 15) is 4.79 Å². The van der Waals surface area contributed by atoms with E-state index in [1.165, 1.54) is 32.1 Å². The van der Waals surface area contributed by atoms with Crippen molar-refractivity contribution >= 4 is 23.4 Å². The van der Waals surface area contributed by atoms with Crippen LogP contribution in [0.5, 0.6) is 17.2 Å². The van der Waals surface area contributed by atoms with Crippen LogP contribution in [0.3, 0.4) is 0 Å². The van der Waals surface area contributed by atoms with Crippen molar-refractivity contribution < 1.29 is 19.0 Å². The minimum absolute atomic E-state index is 0.00165. The van der Waals surface area contributed by atoms with Crippen molar-refractivity contribution in [2.75, 3.05) is 32.8 Å². The molecule has 0 spiro atoms. The smallest absolute Gasteiger partial charge is 0.225 e. The van der Waals surface area contributed by atoms with E-state index in [2.05, 4.69) is 18.9 Å². The zero-order valence-electron chi connectivity index (χ0n) is 21.6. The van der Waals surface area contributed by atoms with Crippen molar-refractivity contribution in [1.82, 2.24) is 4.90 Å². The Morgan fingerprint density at radius 1 is 1.11 bits per heavy atom. The third-order valence-electron chi connectivity index (χ3n) is 7.33. The van der Waals surface area contributed by atoms with Crippen LogP contribution in [0.25, 0.3) is 0 Å². The first kappa shape index (κ1) is 25.7. The first-order valence-electron chi connectivity index (χ1n) is 12.6. The number of methoxy groups -OCH3 is 2. The van der Waals surface area contributed by atoms with Crippen LogP contribution in [0.4, 0.5) is 5.69 Å². The Kier molecular flexibility index (Phi) is 8.50. The van der Waals surface area contributed by atoms with E-state index >= 15 is 0 Å². The molecule has 2 aromatic carbocycles. The zero-order valence-corrected chi connectivity index (χ0v) is 22.4. The summed E-state index contributed by atoms with van der Waals surface area (Å²) >= 11 is 1.66. The van der Waals surface area contributed by atoms with Gasteiger partial charge in [0.1, 0.15) is 5.37 Å². The molecule has 0 N–H and O–H groups in total. The van der Waals surface area contributed by atoms with Gasteiger partial charge >= 0.3 is 0 Å². The molecule has 0 bridgehead atoms. The normalized spacial score (nSPS) is 18.9. The highest BCUT2D eigenvalue weighted by molar-refractivity contribution is 8.00. The predicted octanol–water partition coefficient (Wildman–Crippen LogP) is 6.28. The van der Waals surface area contributed by atoms with Crippen LogP contribution >= 0.6 is 11.8 Å². The molecule has 0 aromatic heterocycles. The molecule has 2 aromatic rings. The molecule has 0 radical (unpaired) electrons. The van der Waals surface area contributed by atoms with E-state index in [0.717, 1.165) is 22.6 Å². The van der Waals surface area contributed by atoms with E-state index in [-0.39, 0.29) is 11.3 Å². The number of ether oxygens (including phenoxy) is 3. The largest absolute Gasteiger partial charge is 0.493 e. The molecule has 7 heteroatoms. The molecule has 2 atom stereocenters. The Morgan fingerprint density at radius 2 is 1.77 bits per heavy atom. The number of hydrogen-bond donors (Lipinski definition) is 0. The lowest BCUT2D eigenvalue weighted by atomic mass is 9.93. The predicted molar refractivity (Wildman–Crippen MR) is 142 cm³/mol. The molecule has 1 fully saturated rings. The average Bonchev–Trinajstić information content (AvgIpc) is 3.28. The number of fused-ring (bicyclic) bond motifs is 1. The number of benzene rings is 2. The van der Waals surface area contributed by atoms with Gasteiger partial charge in [0, 0.05) is 23.9 Å². The van der Waals surface area contributed by atoms with Gasteiger partial charge in [0.25, 0.3) is 0 Å². The van der Waals surface area contributed by atoms with Gasteiger partial charge in [0.2, 0.25) is 11.7 Å². The number of para-hydroxylation sites is 1. The maximum atomic E-state index is 12.6. The van der Waals surface area contributed by atoms with Crippen LogP contribution < -0.4 is 19.1 Å². The zero-order chi connectivity index (χ0) is 24.9. The number of carbonyl (C=O) groups excluding carboxylic acids is 1. The standard InChI is InChI=1S/C28H38N2O4S/c1-19(29(3)22-11-7-6-8-12-22)15-16-34-27-24(32-4)17-21(18-25(27)33-5)28-30(20(2)31)23-13-9-10-14-26(23)35-28/h9-10,13-14,17-19,22,28H,6-8,11-12,15-16H2,1-5H3. The monoisotopic (exact) mass is 498 g/mol. The molecule has 0 saturated heterocycles. The van der Waals surface area contributed by atoms with Crippen molar-refractivity contribution in [2.24, 2.45) is 0 Å². The fourth-order valence-electron chi connectivity index (χ4n) is 5.18. The second-order valence-corrected chi connectivity index (χ2v) is 10.6. The average molecular weight is 499 g/mol. The van der Waals surface area contributed by atoms with Gasteiger partial charge in [-0.1, -0.05) is 43.2 Å². The minimum atomic E-state index is -0.189. The second-order valence-electron chi connectivity index (χ2n) is 9.52. The lowest BCUT2D eigenvalue weighted by molar-refractivity contribution is -0.116. The Labute approximate surface area is 213 Å². The topological polar surface area (TPSA) is 51.2 Å². The number of amides is 1. The molecular formula is C28H38N2O4S. The molecule has 35 heavy (non-hydrogen) atoms. The lowest BCUT2D eigenvalue weighted by Crippen LogP contribution is -2.40. The van der Waals surface area contributed by atoms with Crippen molar-refractivity contribution in [3.05, 3.63) is 42.0 Å². The van der Waals surface area contributed by atoms with Crippen molar-refractivity contribution in [1.29, 1.82) is 0 Å². The van der Waals surface area contributed by atoms with E-state index in [0.29, 0.717) is 35.9 Å². The fourth-order valence-corrected chi connectivity index (χ4v) is 6.50. The lowest BCUT2D eigenvalue weighted by Gasteiger charge is -2.35. The van der Waals surface area contributed by atoms with Gasteiger partial charge in [-0.15, -0.1) is 0 Å². The number of anilines is 1. The van der Waals surface area contributed by atoms with Crippen LogP contribution in [0.15, 0.2) is 41.3 Å². The molecule has 6 nitrogen and oxygen atoms in total. The number of thioether (sulfide) groups is 1. The molecular weight excluding hydrogens is 460 g/mol. The van der Waals surface area contributed by atoms with E-state index in [1.54, 1.807) is 32.9 Å². The van der Waals surface area contributed by atoms with Gasteiger partial charge in [0.15, 0.2) is 11.5 Å². The van der Waals surface area contributed by atoms with Gasteiger partial charge in [-0.3, -0.25) is 9.69 Å². The van der Waals surface area contributed by atoms with Crippen LogP contribution in [-0.2, 0) is 4.79 Å². The SMILES string of the molecule is COc1cc(C2Sc3ccccc3N2C(C)=O)cc(OC)c1OCCC(C)N(C)C1CCCCC1. The third-order valence-corrected chi connectivity index (χ3v) is 8.64. The Morgan fingerprint density at radius 3 is 2.40 bits per heavy atom. The molecule has 1 aliphatic heterocycles. The summed E-state index contributed by atoms with van der Waals surface area (Å²) < 4.78 is 17.7. The Hall–Kier alpha value is -2.38. The highest BCUT2D eigenvalue weighted by Crippen LogP contribution is 2.53. The third kappa shape index (κ3) is 5.56. The quantitative estimate of drug-likeness (QED) is 0.405. The van der Waals surface area contributed by atoms with Gasteiger partial charge in [0.05, 0.1) is 26.5 Å². The number of rotatable bonds is 9. The summed E-state index contributed by atoms with van der Waals surface area (Å²) in [5.41, 5.74) is 1.87. The molecule has 1 aliphatic carbocycles. The summed E-state index contributed by atoms with van der Waals surface area (Å²) in [6, 6.07) is 13.0. The Bertz CT molecular complexity index is 999. The Balaban J connectivity index is 1.49. The van der Waals surface area contributed by atoms with E-state index in [1.807, 2.05) is 41.3 Å². The molecule has 1 saturated carbocycles. The summed E-state index contributed by atoms with van der Waals surface area (Å²) in [5.74, 6) is 1.85. The maximum absolute atomic E-state index is 12.6. The van der Waals surface area contributed by atoms with Crippen LogP contribution in [0, 0.1) is 0 Å². The summed E-state index contributed by atoms with van der Waals surface area (Å²) in [5, 5.41) is -0.189. The van der Waals surface area contributed by atoms with Crippen LogP contribution in [-0.4, -0.2) is 50.8 Å². The highest BCUT2D eigenvalue weighted by atomic mass is 32.2. The summed E-state index contributed by atoms with van der Waals surface area (Å²) in [4.78, 5) is 18.0. The van der Waals surface area contributed by atoms with Crippen molar-refractivity contribution in [3.8, 4) is 17.2 Å². The molecule has 1 heterocycles. The number of carbonyl (C=O) groups is 1. The van der Waals surface area contributed by atoms with E-state index in [4.69, 9.17) is 14.2 Å². The van der Waals surface area contributed by atoms with Gasteiger partial charge in [-0.05, 0) is 63.1 Å². The molecule has 2 unspecified atom stereocenters. The van der Waals surface area contributed by atoms with Crippen LogP contribution in [0.2, 0.25) is 0 Å². The number of nitrogens with zero attached hydrogens (tertiary/aromatic N) is 2. The van der Waals surface area contributed by atoms with E-state index < -0.39 is 0 Å². The summed E-state index contributed by atoms with van der Waals surface area (Å²) in [7, 11) is 5.53. The maximum Gasteiger partial charge on any atom is 0.225 e. The highest BCUT2D eigenvalue weighted by Gasteiger charge is 2.35. The second kappa shape index (κ2) is 11.6. The molecule has 4 rings (SSSR count). The van der Waals surface area contributed by atoms with Gasteiger partial charge < -0.3 is 19.1 Å². The fraction of sp³-hybridized carbons (Fsp3) is 0.536. The molecule has 2 aliphatic rings. The summed E-state index contributed by atoms with van der Waals surface area (Å²) in [6.45, 7) is 4.46.